The van der Waals surface area contributed by atoms with E-state index in [0.717, 1.165) is 33.1 Å². The number of benzene rings is 2. The SMILES string of the molecule is CC(C)c1nc(N=S(C)(=O)c2cnccn2)c2cc3[nH]ncc3cc2c1-c1ccc(F)cc1. The smallest absolute Gasteiger partial charge is 0.170 e. The Hall–Kier alpha value is -3.72. The lowest BCUT2D eigenvalue weighted by molar-refractivity contribution is 0.628. The Kier molecular flexibility index (Phi) is 5.13. The first-order valence-corrected chi connectivity index (χ1v) is 12.3. The van der Waals surface area contributed by atoms with Crippen LogP contribution in [0.25, 0.3) is 32.8 Å². The van der Waals surface area contributed by atoms with Crippen LogP contribution in [0, 0.1) is 5.82 Å². The predicted octanol–water partition coefficient (Wildman–Crippen LogP) is 5.62. The maximum atomic E-state index is 13.7. The van der Waals surface area contributed by atoms with E-state index in [4.69, 9.17) is 4.98 Å². The Morgan fingerprint density at radius 1 is 1.06 bits per heavy atom. The van der Waals surface area contributed by atoms with Crippen LogP contribution >= 0.6 is 0 Å². The third kappa shape index (κ3) is 3.84. The maximum Gasteiger partial charge on any atom is 0.170 e. The van der Waals surface area contributed by atoms with E-state index in [-0.39, 0.29) is 16.8 Å². The molecule has 0 fully saturated rings. The van der Waals surface area contributed by atoms with Gasteiger partial charge < -0.3 is 0 Å². The predicted molar refractivity (Wildman–Crippen MR) is 127 cm³/mol. The third-order valence-corrected chi connectivity index (χ3v) is 6.95. The minimum atomic E-state index is -2.91. The first-order chi connectivity index (χ1) is 15.8. The Bertz CT molecular complexity index is 1600. The summed E-state index contributed by atoms with van der Waals surface area (Å²) in [4.78, 5) is 13.1. The molecule has 3 heterocycles. The van der Waals surface area contributed by atoms with Crippen LogP contribution in [-0.2, 0) is 9.73 Å². The number of nitrogens with zero attached hydrogens (tertiary/aromatic N) is 5. The van der Waals surface area contributed by atoms with Crippen molar-refractivity contribution < 1.29 is 8.60 Å². The van der Waals surface area contributed by atoms with E-state index in [0.29, 0.717) is 11.2 Å². The molecule has 0 saturated carbocycles. The van der Waals surface area contributed by atoms with Gasteiger partial charge in [-0.1, -0.05) is 26.0 Å². The molecule has 7 nitrogen and oxygen atoms in total. The van der Waals surface area contributed by atoms with Crippen molar-refractivity contribution in [1.82, 2.24) is 25.1 Å². The summed E-state index contributed by atoms with van der Waals surface area (Å²) >= 11 is 0. The average Bonchev–Trinajstić information content (AvgIpc) is 3.26. The minimum Gasteiger partial charge on any atom is -0.278 e. The third-order valence-electron chi connectivity index (χ3n) is 5.44. The van der Waals surface area contributed by atoms with Gasteiger partial charge in [-0.2, -0.15) is 9.46 Å². The first-order valence-electron chi connectivity index (χ1n) is 10.4. The number of H-pyrrole nitrogens is 1. The van der Waals surface area contributed by atoms with Gasteiger partial charge in [-0.3, -0.25) is 10.1 Å². The van der Waals surface area contributed by atoms with Crippen LogP contribution in [0.3, 0.4) is 0 Å². The monoisotopic (exact) mass is 460 g/mol. The van der Waals surface area contributed by atoms with Crippen LogP contribution in [0.5, 0.6) is 0 Å². The van der Waals surface area contributed by atoms with Crippen molar-refractivity contribution in [3.05, 3.63) is 72.7 Å². The average molecular weight is 461 g/mol. The quantitative estimate of drug-likeness (QED) is 0.375. The molecule has 0 amide bonds. The molecule has 0 radical (unpaired) electrons. The summed E-state index contributed by atoms with van der Waals surface area (Å²) in [6.45, 7) is 4.07. The van der Waals surface area contributed by atoms with Crippen molar-refractivity contribution in [2.24, 2.45) is 4.36 Å². The van der Waals surface area contributed by atoms with Crippen molar-refractivity contribution in [3.63, 3.8) is 0 Å². The van der Waals surface area contributed by atoms with Crippen LogP contribution in [0.4, 0.5) is 10.2 Å². The number of halogens is 1. The molecule has 1 N–H and O–H groups in total. The molecule has 0 aliphatic rings. The number of pyridine rings is 1. The zero-order valence-corrected chi connectivity index (χ0v) is 19.1. The zero-order chi connectivity index (χ0) is 23.2. The van der Waals surface area contributed by atoms with Gasteiger partial charge in [0.25, 0.3) is 0 Å². The number of rotatable bonds is 4. The Labute approximate surface area is 190 Å². The van der Waals surface area contributed by atoms with Gasteiger partial charge in [-0.05, 0) is 41.1 Å². The van der Waals surface area contributed by atoms with Gasteiger partial charge >= 0.3 is 0 Å². The van der Waals surface area contributed by atoms with E-state index >= 15 is 0 Å². The number of aromatic amines is 1. The second-order valence-electron chi connectivity index (χ2n) is 8.15. The Morgan fingerprint density at radius 2 is 1.85 bits per heavy atom. The topological polar surface area (TPSA) is 96.8 Å². The molecular weight excluding hydrogens is 439 g/mol. The highest BCUT2D eigenvalue weighted by atomic mass is 32.2. The van der Waals surface area contributed by atoms with Gasteiger partial charge in [0.1, 0.15) is 5.82 Å². The Balaban J connectivity index is 1.90. The van der Waals surface area contributed by atoms with E-state index in [1.54, 1.807) is 18.3 Å². The normalized spacial score (nSPS) is 13.5. The molecule has 5 aromatic rings. The summed E-state index contributed by atoms with van der Waals surface area (Å²) < 4.78 is 31.8. The van der Waals surface area contributed by atoms with Crippen molar-refractivity contribution in [3.8, 4) is 11.1 Å². The van der Waals surface area contributed by atoms with E-state index in [9.17, 15) is 8.60 Å². The molecule has 0 spiro atoms. The molecule has 0 aliphatic carbocycles. The standard InChI is InChI=1S/C24H21FN6OS/c1-14(2)23-22(15-4-6-17(25)7-5-15)18-10-16-12-28-30-20(16)11-19(18)24(29-23)31-33(3,32)21-13-26-8-9-27-21/h4-14H,1-3H3,(H,28,30). The van der Waals surface area contributed by atoms with Crippen LogP contribution in [-0.4, -0.2) is 35.6 Å². The molecule has 2 aromatic carbocycles. The molecule has 33 heavy (non-hydrogen) atoms. The lowest BCUT2D eigenvalue weighted by Crippen LogP contribution is -2.03. The number of hydrogen-bond acceptors (Lipinski definition) is 6. The van der Waals surface area contributed by atoms with Crippen molar-refractivity contribution >= 4 is 37.2 Å². The molecule has 1 atom stereocenters. The van der Waals surface area contributed by atoms with Gasteiger partial charge in [0.15, 0.2) is 10.8 Å². The second kappa shape index (κ2) is 8.00. The number of fused-ring (bicyclic) bond motifs is 2. The summed E-state index contributed by atoms with van der Waals surface area (Å²) in [5.41, 5.74) is 3.33. The summed E-state index contributed by atoms with van der Waals surface area (Å²) in [5.74, 6) is 0.0859. The summed E-state index contributed by atoms with van der Waals surface area (Å²) in [5, 5.41) is 9.92. The minimum absolute atomic E-state index is 0.0351. The lowest BCUT2D eigenvalue weighted by atomic mass is 9.92. The number of aromatic nitrogens is 5. The van der Waals surface area contributed by atoms with Gasteiger partial charge in [0.05, 0.1) is 33.3 Å². The molecule has 166 valence electrons. The highest BCUT2D eigenvalue weighted by Crippen LogP contribution is 2.40. The van der Waals surface area contributed by atoms with Crippen LogP contribution < -0.4 is 0 Å². The number of nitrogens with one attached hydrogen (secondary N) is 1. The molecule has 0 saturated heterocycles. The zero-order valence-electron chi connectivity index (χ0n) is 18.3. The lowest BCUT2D eigenvalue weighted by Gasteiger charge is -2.17. The van der Waals surface area contributed by atoms with Crippen molar-refractivity contribution in [2.45, 2.75) is 24.8 Å². The fourth-order valence-electron chi connectivity index (χ4n) is 3.85. The van der Waals surface area contributed by atoms with E-state index in [1.165, 1.54) is 37.0 Å². The van der Waals surface area contributed by atoms with Gasteiger partial charge in [0, 0.05) is 35.0 Å². The fourth-order valence-corrected chi connectivity index (χ4v) is 4.93. The highest BCUT2D eigenvalue weighted by molar-refractivity contribution is 7.93. The summed E-state index contributed by atoms with van der Waals surface area (Å²) in [7, 11) is -2.91. The number of hydrogen-bond donors (Lipinski definition) is 1. The van der Waals surface area contributed by atoms with Gasteiger partial charge in [0.2, 0.25) is 0 Å². The fraction of sp³-hybridized carbons (Fsp3) is 0.167. The molecule has 3 aromatic heterocycles. The molecule has 0 aliphatic heterocycles. The van der Waals surface area contributed by atoms with E-state index in [2.05, 4.69) is 24.5 Å². The van der Waals surface area contributed by atoms with Gasteiger partial charge in [-0.15, -0.1) is 0 Å². The summed E-state index contributed by atoms with van der Waals surface area (Å²) in [6, 6.07) is 10.3. The largest absolute Gasteiger partial charge is 0.278 e. The van der Waals surface area contributed by atoms with E-state index < -0.39 is 9.73 Å². The van der Waals surface area contributed by atoms with Crippen molar-refractivity contribution in [2.75, 3.05) is 6.26 Å². The van der Waals surface area contributed by atoms with Crippen LogP contribution in [0.15, 0.2) is 70.6 Å². The van der Waals surface area contributed by atoms with Crippen LogP contribution in [0.2, 0.25) is 0 Å². The Morgan fingerprint density at radius 3 is 2.55 bits per heavy atom. The molecule has 9 heteroatoms. The first kappa shape index (κ1) is 21.1. The molecule has 1 unspecified atom stereocenters. The second-order valence-corrected chi connectivity index (χ2v) is 10.4. The highest BCUT2D eigenvalue weighted by Gasteiger charge is 2.20. The molecular formula is C24H21FN6OS. The van der Waals surface area contributed by atoms with E-state index in [1.807, 2.05) is 26.0 Å². The molecule has 5 rings (SSSR count). The van der Waals surface area contributed by atoms with Crippen molar-refractivity contribution in [1.29, 1.82) is 0 Å². The van der Waals surface area contributed by atoms with Gasteiger partial charge in [-0.25, -0.2) is 18.6 Å². The maximum absolute atomic E-state index is 13.7. The van der Waals surface area contributed by atoms with Crippen LogP contribution in [0.1, 0.15) is 25.5 Å². The summed E-state index contributed by atoms with van der Waals surface area (Å²) in [6.07, 6.45) is 7.75. The molecule has 0 bridgehead atoms.